The summed E-state index contributed by atoms with van der Waals surface area (Å²) in [7, 11) is 0. The molecule has 2 fully saturated rings. The number of carbonyl (C=O) groups is 1. The molecule has 1 aromatic rings. The monoisotopic (exact) mass is 318 g/mol. The molecule has 0 saturated heterocycles. The van der Waals surface area contributed by atoms with E-state index in [2.05, 4.69) is 13.0 Å². The number of phenolic OH excluding ortho intramolecular Hbond substituents is 1. The lowest BCUT2D eigenvalue weighted by atomic mass is 9.55. The molecule has 0 unspecified atom stereocenters. The molecule has 1 aromatic carbocycles. The zero-order valence-electron chi connectivity index (χ0n) is 13.1. The predicted octanol–water partition coefficient (Wildman–Crippen LogP) is 4.56. The van der Waals surface area contributed by atoms with E-state index in [4.69, 9.17) is 11.6 Å². The first-order valence-electron chi connectivity index (χ1n) is 8.48. The largest absolute Gasteiger partial charge is 0.508 e. The number of aryl methyl sites for hydroxylation is 1. The highest BCUT2D eigenvalue weighted by Gasteiger charge is 2.54. The van der Waals surface area contributed by atoms with Gasteiger partial charge in [0, 0.05) is 17.4 Å². The summed E-state index contributed by atoms with van der Waals surface area (Å²) in [6, 6.07) is 4.06. The van der Waals surface area contributed by atoms with Crippen molar-refractivity contribution in [2.75, 3.05) is 0 Å². The zero-order chi connectivity index (χ0) is 15.5. The molecular weight excluding hydrogens is 296 g/mol. The number of aromatic hydroxyl groups is 1. The van der Waals surface area contributed by atoms with Crippen LogP contribution in [0.2, 0.25) is 0 Å². The van der Waals surface area contributed by atoms with Gasteiger partial charge < -0.3 is 5.11 Å². The van der Waals surface area contributed by atoms with Crippen LogP contribution in [0.4, 0.5) is 0 Å². The molecule has 0 heterocycles. The minimum absolute atomic E-state index is 0.0646. The highest BCUT2D eigenvalue weighted by Crippen LogP contribution is 2.59. The van der Waals surface area contributed by atoms with E-state index in [9.17, 15) is 9.90 Å². The van der Waals surface area contributed by atoms with E-state index in [1.54, 1.807) is 0 Å². The molecule has 4 rings (SSSR count). The van der Waals surface area contributed by atoms with Gasteiger partial charge in [0.1, 0.15) is 11.5 Å². The fourth-order valence-corrected chi connectivity index (χ4v) is 5.75. The first-order chi connectivity index (χ1) is 10.5. The Morgan fingerprint density at radius 3 is 2.86 bits per heavy atom. The molecule has 3 aliphatic carbocycles. The first-order valence-corrected chi connectivity index (χ1v) is 9.02. The molecule has 22 heavy (non-hydrogen) atoms. The van der Waals surface area contributed by atoms with E-state index in [0.717, 1.165) is 44.1 Å². The van der Waals surface area contributed by atoms with Crippen molar-refractivity contribution in [2.45, 2.75) is 57.2 Å². The van der Waals surface area contributed by atoms with E-state index in [1.807, 2.05) is 6.07 Å². The minimum atomic E-state index is -0.0646. The molecule has 0 radical (unpaired) electrons. The maximum Gasteiger partial charge on any atom is 0.139 e. The van der Waals surface area contributed by atoms with E-state index in [1.165, 1.54) is 11.1 Å². The van der Waals surface area contributed by atoms with Crippen LogP contribution < -0.4 is 0 Å². The third-order valence-electron chi connectivity index (χ3n) is 6.78. The summed E-state index contributed by atoms with van der Waals surface area (Å²) < 4.78 is 0. The lowest BCUT2D eigenvalue weighted by Gasteiger charge is -2.48. The average molecular weight is 319 g/mol. The Labute approximate surface area is 136 Å². The molecule has 1 N–H and O–H groups in total. The minimum Gasteiger partial charge on any atom is -0.508 e. The maximum atomic E-state index is 12.3. The Bertz CT molecular complexity index is 639. The van der Waals surface area contributed by atoms with Crippen LogP contribution >= 0.6 is 11.6 Å². The van der Waals surface area contributed by atoms with Crippen molar-refractivity contribution in [3.05, 3.63) is 28.8 Å². The number of carbonyl (C=O) groups excluding carboxylic acids is 1. The van der Waals surface area contributed by atoms with Crippen LogP contribution in [0.15, 0.2) is 12.1 Å². The smallest absolute Gasteiger partial charge is 0.139 e. The summed E-state index contributed by atoms with van der Waals surface area (Å²) in [5.74, 6) is 2.93. The topological polar surface area (TPSA) is 37.3 Å². The van der Waals surface area contributed by atoms with Crippen molar-refractivity contribution in [1.82, 2.24) is 0 Å². The van der Waals surface area contributed by atoms with Gasteiger partial charge in [-0.2, -0.15) is 0 Å². The number of fused-ring (bicyclic) bond motifs is 5. The molecule has 3 heteroatoms. The molecule has 0 amide bonds. The van der Waals surface area contributed by atoms with Crippen molar-refractivity contribution < 1.29 is 9.90 Å². The van der Waals surface area contributed by atoms with Crippen LogP contribution in [0.3, 0.4) is 0 Å². The van der Waals surface area contributed by atoms with Crippen LogP contribution in [-0.2, 0) is 17.1 Å². The van der Waals surface area contributed by atoms with Crippen LogP contribution in [-0.4, -0.2) is 10.9 Å². The highest BCUT2D eigenvalue weighted by molar-refractivity contribution is 6.17. The summed E-state index contributed by atoms with van der Waals surface area (Å²) in [4.78, 5) is 12.3. The fraction of sp³-hybridized carbons (Fsp3) is 0.632. The standard InChI is InChI=1S/C19H23ClO2/c1-19-7-6-13-14(16(19)4-5-18(19)22)3-2-11-9-17(21)12(10-20)8-15(11)13/h8-9,13-14,16,21H,2-7,10H2,1H3/t13-,14+,16-,19-/m0/s1. The summed E-state index contributed by atoms with van der Waals surface area (Å²) >= 11 is 5.98. The lowest BCUT2D eigenvalue weighted by Crippen LogP contribution is -2.42. The Kier molecular flexibility index (Phi) is 3.30. The third kappa shape index (κ3) is 1.89. The molecule has 4 atom stereocenters. The number of ketones is 1. The fourth-order valence-electron chi connectivity index (χ4n) is 5.53. The van der Waals surface area contributed by atoms with Gasteiger partial charge in [-0.05, 0) is 67.1 Å². The van der Waals surface area contributed by atoms with Gasteiger partial charge in [0.05, 0.1) is 5.88 Å². The zero-order valence-corrected chi connectivity index (χ0v) is 13.8. The molecule has 2 nitrogen and oxygen atoms in total. The molecule has 0 spiro atoms. The summed E-state index contributed by atoms with van der Waals surface area (Å²) in [6.07, 6.45) is 6.15. The SMILES string of the molecule is C[C@]12CC[C@@H]3c4cc(CCl)c(O)cc4CC[C@H]3[C@@H]1CCC2=O. The van der Waals surface area contributed by atoms with E-state index in [0.29, 0.717) is 35.2 Å². The molecule has 0 bridgehead atoms. The van der Waals surface area contributed by atoms with Gasteiger partial charge in [0.15, 0.2) is 0 Å². The molecule has 0 aromatic heterocycles. The van der Waals surface area contributed by atoms with Crippen molar-refractivity contribution in [3.8, 4) is 5.75 Å². The van der Waals surface area contributed by atoms with Gasteiger partial charge in [-0.3, -0.25) is 4.79 Å². The summed E-state index contributed by atoms with van der Waals surface area (Å²) in [6.45, 7) is 2.21. The van der Waals surface area contributed by atoms with Crippen LogP contribution in [0.25, 0.3) is 0 Å². The Balaban J connectivity index is 1.74. The highest BCUT2D eigenvalue weighted by atomic mass is 35.5. The second kappa shape index (κ2) is 4.99. The predicted molar refractivity (Wildman–Crippen MR) is 87.3 cm³/mol. The van der Waals surface area contributed by atoms with Gasteiger partial charge in [0.2, 0.25) is 0 Å². The second-order valence-electron chi connectivity index (χ2n) is 7.65. The Hall–Kier alpha value is -1.02. The van der Waals surface area contributed by atoms with Crippen LogP contribution in [0.1, 0.15) is 61.6 Å². The van der Waals surface area contributed by atoms with Crippen LogP contribution in [0, 0.1) is 17.3 Å². The third-order valence-corrected chi connectivity index (χ3v) is 7.06. The van der Waals surface area contributed by atoms with Gasteiger partial charge in [-0.1, -0.05) is 13.0 Å². The number of hydrogen-bond donors (Lipinski definition) is 1. The number of benzene rings is 1. The first kappa shape index (κ1) is 14.6. The molecular formula is C19H23ClO2. The molecule has 0 aliphatic heterocycles. The number of hydrogen-bond acceptors (Lipinski definition) is 2. The number of Topliss-reactive ketones (excluding diaryl/α,β-unsaturated/α-hetero) is 1. The van der Waals surface area contributed by atoms with Gasteiger partial charge >= 0.3 is 0 Å². The second-order valence-corrected chi connectivity index (χ2v) is 7.91. The number of alkyl halides is 1. The van der Waals surface area contributed by atoms with E-state index in [-0.39, 0.29) is 5.41 Å². The van der Waals surface area contributed by atoms with Gasteiger partial charge in [-0.15, -0.1) is 11.6 Å². The molecule has 2 saturated carbocycles. The van der Waals surface area contributed by atoms with Gasteiger partial charge in [0.25, 0.3) is 0 Å². The molecule has 118 valence electrons. The van der Waals surface area contributed by atoms with Gasteiger partial charge in [-0.25, -0.2) is 0 Å². The van der Waals surface area contributed by atoms with Crippen LogP contribution in [0.5, 0.6) is 5.75 Å². The number of phenols is 1. The summed E-state index contributed by atoms with van der Waals surface area (Å²) in [5, 5.41) is 10.1. The number of halogens is 1. The van der Waals surface area contributed by atoms with Crippen molar-refractivity contribution in [1.29, 1.82) is 0 Å². The van der Waals surface area contributed by atoms with Crippen molar-refractivity contribution in [3.63, 3.8) is 0 Å². The average Bonchev–Trinajstić information content (AvgIpc) is 2.82. The quantitative estimate of drug-likeness (QED) is 0.771. The maximum absolute atomic E-state index is 12.3. The lowest BCUT2D eigenvalue weighted by molar-refractivity contribution is -0.129. The number of rotatable bonds is 1. The van der Waals surface area contributed by atoms with E-state index < -0.39 is 0 Å². The molecule has 3 aliphatic rings. The Morgan fingerprint density at radius 1 is 1.27 bits per heavy atom. The normalized spacial score (nSPS) is 36.6. The Morgan fingerprint density at radius 2 is 2.09 bits per heavy atom. The van der Waals surface area contributed by atoms with E-state index >= 15 is 0 Å². The van der Waals surface area contributed by atoms with Crippen molar-refractivity contribution in [2.24, 2.45) is 17.3 Å². The van der Waals surface area contributed by atoms with Crippen molar-refractivity contribution >= 4 is 17.4 Å². The summed E-state index contributed by atoms with van der Waals surface area (Å²) in [5.41, 5.74) is 3.47.